The van der Waals surface area contributed by atoms with Crippen LogP contribution in [0.15, 0.2) is 22.7 Å². The molecule has 1 aromatic heterocycles. The molecule has 2 aliphatic heterocycles. The lowest BCUT2D eigenvalue weighted by atomic mass is 9.98. The number of benzene rings is 1. The predicted molar refractivity (Wildman–Crippen MR) is 110 cm³/mol. The summed E-state index contributed by atoms with van der Waals surface area (Å²) in [7, 11) is 0. The topological polar surface area (TPSA) is 114 Å². The Balaban J connectivity index is 1.43. The zero-order valence-corrected chi connectivity index (χ0v) is 18.1. The van der Waals surface area contributed by atoms with Crippen LogP contribution in [0.3, 0.4) is 0 Å². The third-order valence-corrected chi connectivity index (χ3v) is 5.21. The molecule has 2 atom stereocenters. The van der Waals surface area contributed by atoms with E-state index >= 15 is 0 Å². The van der Waals surface area contributed by atoms with E-state index in [1.165, 1.54) is 4.90 Å². The van der Waals surface area contributed by atoms with Crippen molar-refractivity contribution in [2.75, 3.05) is 6.54 Å². The molecule has 0 aliphatic carbocycles. The first-order chi connectivity index (χ1) is 14.6. The summed E-state index contributed by atoms with van der Waals surface area (Å²) in [5, 5.41) is 16.8. The molecule has 9 heteroatoms. The molecule has 0 saturated carbocycles. The Morgan fingerprint density at radius 1 is 1.35 bits per heavy atom. The molecule has 2 amide bonds. The Hall–Kier alpha value is -3.07. The molecular formula is C22H27N3O6. The first kappa shape index (κ1) is 21.2. The Kier molecular flexibility index (Phi) is 5.38. The largest absolute Gasteiger partial charge is 0.485 e. The van der Waals surface area contributed by atoms with E-state index in [0.717, 1.165) is 22.4 Å². The smallest absolute Gasteiger partial charge is 0.412 e. The highest BCUT2D eigenvalue weighted by Gasteiger charge is 2.37. The maximum Gasteiger partial charge on any atom is 0.412 e. The highest BCUT2D eigenvalue weighted by molar-refractivity contribution is 5.81. The second-order valence-electron chi connectivity index (χ2n) is 8.97. The number of hydrogen-bond acceptors (Lipinski definition) is 7. The van der Waals surface area contributed by atoms with Gasteiger partial charge in [-0.15, -0.1) is 0 Å². The van der Waals surface area contributed by atoms with Crippen molar-refractivity contribution in [3.8, 4) is 16.9 Å². The van der Waals surface area contributed by atoms with Crippen molar-refractivity contribution in [1.29, 1.82) is 0 Å². The number of fused-ring (bicyclic) bond motifs is 3. The molecule has 0 unspecified atom stereocenters. The fourth-order valence-electron chi connectivity index (χ4n) is 3.90. The molecule has 166 valence electrons. The third kappa shape index (κ3) is 4.51. The van der Waals surface area contributed by atoms with Gasteiger partial charge in [0.1, 0.15) is 24.1 Å². The minimum absolute atomic E-state index is 0.112. The Bertz CT molecular complexity index is 1010. The lowest BCUT2D eigenvalue weighted by Gasteiger charge is -2.28. The fraction of sp³-hybridized carbons (Fsp3) is 0.500. The lowest BCUT2D eigenvalue weighted by Crippen LogP contribution is -2.49. The lowest BCUT2D eigenvalue weighted by molar-refractivity contribution is -0.122. The van der Waals surface area contributed by atoms with E-state index < -0.39 is 24.0 Å². The number of β-amino-alcohol motifs (C(OH)–C–C–N with tert-alkyl or cyclic N) is 1. The number of ether oxygens (including phenoxy) is 2. The number of aryl methyl sites for hydroxylation is 1. The molecule has 0 bridgehead atoms. The van der Waals surface area contributed by atoms with Crippen LogP contribution in [-0.2, 0) is 22.6 Å². The minimum atomic E-state index is -0.712. The summed E-state index contributed by atoms with van der Waals surface area (Å²) in [6.07, 6.45) is -1.52. The number of aromatic nitrogens is 1. The molecule has 3 heterocycles. The summed E-state index contributed by atoms with van der Waals surface area (Å²) in [5.41, 5.74) is 2.73. The van der Waals surface area contributed by atoms with E-state index in [-0.39, 0.29) is 25.3 Å². The van der Waals surface area contributed by atoms with E-state index in [1.54, 1.807) is 20.8 Å². The number of carbonyl (C=O) groups excluding carboxylic acids is 2. The van der Waals surface area contributed by atoms with Gasteiger partial charge in [0.15, 0.2) is 5.76 Å². The van der Waals surface area contributed by atoms with Crippen molar-refractivity contribution in [3.63, 3.8) is 0 Å². The number of nitrogens with zero attached hydrogens (tertiary/aromatic N) is 2. The predicted octanol–water partition coefficient (Wildman–Crippen LogP) is 2.53. The Morgan fingerprint density at radius 3 is 2.87 bits per heavy atom. The SMILES string of the molecule is Cc1noc2c1-c1ccc(CC(=O)N[C@@H]3C[C@@H](O)CN3C(=O)OC(C)(C)C)cc1OC2. The van der Waals surface area contributed by atoms with Crippen molar-refractivity contribution >= 4 is 12.0 Å². The van der Waals surface area contributed by atoms with Gasteiger partial charge in [0, 0.05) is 12.0 Å². The molecule has 1 aromatic carbocycles. The third-order valence-electron chi connectivity index (χ3n) is 5.21. The number of aliphatic hydroxyl groups is 1. The first-order valence-corrected chi connectivity index (χ1v) is 10.3. The van der Waals surface area contributed by atoms with Gasteiger partial charge in [-0.3, -0.25) is 9.69 Å². The number of amides is 2. The van der Waals surface area contributed by atoms with E-state index in [2.05, 4.69) is 10.5 Å². The number of aliphatic hydroxyl groups excluding tert-OH is 1. The van der Waals surface area contributed by atoms with Crippen LogP contribution in [0.1, 0.15) is 44.2 Å². The fourth-order valence-corrected chi connectivity index (χ4v) is 3.90. The molecule has 1 saturated heterocycles. The summed E-state index contributed by atoms with van der Waals surface area (Å²) in [5.74, 6) is 1.11. The van der Waals surface area contributed by atoms with Crippen molar-refractivity contribution in [1.82, 2.24) is 15.4 Å². The molecule has 0 radical (unpaired) electrons. The summed E-state index contributed by atoms with van der Waals surface area (Å²) >= 11 is 0. The van der Waals surface area contributed by atoms with Crippen LogP contribution < -0.4 is 10.1 Å². The van der Waals surface area contributed by atoms with Gasteiger partial charge in [-0.05, 0) is 39.3 Å². The number of likely N-dealkylation sites (tertiary alicyclic amines) is 1. The number of nitrogens with one attached hydrogen (secondary N) is 1. The molecule has 0 spiro atoms. The van der Waals surface area contributed by atoms with E-state index in [0.29, 0.717) is 18.1 Å². The van der Waals surface area contributed by atoms with Crippen LogP contribution in [0.4, 0.5) is 4.79 Å². The Morgan fingerprint density at radius 2 is 2.13 bits per heavy atom. The van der Waals surface area contributed by atoms with Gasteiger partial charge in [-0.25, -0.2) is 4.79 Å². The summed E-state index contributed by atoms with van der Waals surface area (Å²) < 4.78 is 16.4. The zero-order valence-electron chi connectivity index (χ0n) is 18.1. The molecular weight excluding hydrogens is 402 g/mol. The van der Waals surface area contributed by atoms with E-state index in [4.69, 9.17) is 14.0 Å². The summed E-state index contributed by atoms with van der Waals surface area (Å²) in [4.78, 5) is 26.5. The van der Waals surface area contributed by atoms with Crippen LogP contribution >= 0.6 is 0 Å². The van der Waals surface area contributed by atoms with Crippen molar-refractivity contribution in [2.24, 2.45) is 0 Å². The minimum Gasteiger partial charge on any atom is -0.485 e. The normalized spacial score (nSPS) is 20.0. The maximum atomic E-state index is 12.7. The van der Waals surface area contributed by atoms with Crippen LogP contribution in [0.25, 0.3) is 11.1 Å². The number of carbonyl (C=O) groups is 2. The van der Waals surface area contributed by atoms with Gasteiger partial charge in [0.05, 0.1) is 30.3 Å². The monoisotopic (exact) mass is 429 g/mol. The van der Waals surface area contributed by atoms with Crippen LogP contribution in [0.5, 0.6) is 5.75 Å². The molecule has 9 nitrogen and oxygen atoms in total. The van der Waals surface area contributed by atoms with Crippen molar-refractivity contribution in [3.05, 3.63) is 35.2 Å². The Labute approximate surface area is 180 Å². The molecule has 31 heavy (non-hydrogen) atoms. The summed E-state index contributed by atoms with van der Waals surface area (Å²) in [6.45, 7) is 7.61. The highest BCUT2D eigenvalue weighted by atomic mass is 16.6. The number of rotatable bonds is 3. The first-order valence-electron chi connectivity index (χ1n) is 10.3. The van der Waals surface area contributed by atoms with E-state index in [1.807, 2.05) is 25.1 Å². The van der Waals surface area contributed by atoms with Gasteiger partial charge in [-0.1, -0.05) is 17.3 Å². The maximum absolute atomic E-state index is 12.7. The number of hydrogen-bond donors (Lipinski definition) is 2. The molecule has 4 rings (SSSR count). The van der Waals surface area contributed by atoms with Gasteiger partial charge in [-0.2, -0.15) is 0 Å². The van der Waals surface area contributed by atoms with Gasteiger partial charge in [0.2, 0.25) is 5.91 Å². The van der Waals surface area contributed by atoms with Crippen LogP contribution in [0, 0.1) is 6.92 Å². The van der Waals surface area contributed by atoms with Gasteiger partial charge in [0.25, 0.3) is 0 Å². The van der Waals surface area contributed by atoms with Crippen molar-refractivity contribution in [2.45, 2.75) is 65.0 Å². The molecule has 2 aromatic rings. The molecule has 2 aliphatic rings. The quantitative estimate of drug-likeness (QED) is 0.771. The standard InChI is InChI=1S/C22H27N3O6/c1-12-20-15-6-5-13(7-16(15)29-11-17(20)31-24-12)8-19(27)23-18-9-14(26)10-25(18)21(28)30-22(2,3)4/h5-7,14,18,26H,8-11H2,1-4H3,(H,23,27)/t14-,18+/m1/s1. The van der Waals surface area contributed by atoms with E-state index in [9.17, 15) is 14.7 Å². The average Bonchev–Trinajstić information content (AvgIpc) is 3.23. The average molecular weight is 429 g/mol. The van der Waals surface area contributed by atoms with Crippen LogP contribution in [0.2, 0.25) is 0 Å². The van der Waals surface area contributed by atoms with Crippen molar-refractivity contribution < 1.29 is 28.7 Å². The van der Waals surface area contributed by atoms with Gasteiger partial charge < -0.3 is 24.4 Å². The second kappa shape index (κ2) is 7.88. The van der Waals surface area contributed by atoms with Gasteiger partial charge >= 0.3 is 6.09 Å². The highest BCUT2D eigenvalue weighted by Crippen LogP contribution is 2.39. The molecule has 2 N–H and O–H groups in total. The van der Waals surface area contributed by atoms with Crippen LogP contribution in [-0.4, -0.2) is 51.6 Å². The summed E-state index contributed by atoms with van der Waals surface area (Å²) in [6, 6.07) is 5.59. The molecule has 1 fully saturated rings. The second-order valence-corrected chi connectivity index (χ2v) is 8.97. The zero-order chi connectivity index (χ0) is 22.3.